The highest BCUT2D eigenvalue weighted by atomic mass is 32.2. The fourth-order valence-corrected chi connectivity index (χ4v) is 3.13. The van der Waals surface area contributed by atoms with Gasteiger partial charge in [0.05, 0.1) is 5.75 Å². The Kier molecular flexibility index (Phi) is 4.27. The number of likely N-dealkylation sites (tertiary alicyclic amines) is 1. The monoisotopic (exact) mass is 269 g/mol. The average molecular weight is 269 g/mol. The van der Waals surface area contributed by atoms with Crippen LogP contribution in [0, 0.1) is 18.8 Å². The van der Waals surface area contributed by atoms with Gasteiger partial charge in [-0.2, -0.15) is 0 Å². The lowest BCUT2D eigenvalue weighted by Gasteiger charge is -2.34. The van der Waals surface area contributed by atoms with E-state index >= 15 is 0 Å². The van der Waals surface area contributed by atoms with Crippen LogP contribution in [0.4, 0.5) is 0 Å². The highest BCUT2D eigenvalue weighted by Crippen LogP contribution is 2.23. The molecule has 5 nitrogen and oxygen atoms in total. The Morgan fingerprint density at radius 3 is 2.61 bits per heavy atom. The van der Waals surface area contributed by atoms with Crippen LogP contribution in [0.15, 0.2) is 9.64 Å². The summed E-state index contributed by atoms with van der Waals surface area (Å²) in [5.41, 5.74) is 0. The van der Waals surface area contributed by atoms with Crippen LogP contribution in [0.3, 0.4) is 0 Å². The zero-order valence-corrected chi connectivity index (χ0v) is 11.9. The van der Waals surface area contributed by atoms with Crippen molar-refractivity contribution in [2.75, 3.05) is 18.8 Å². The van der Waals surface area contributed by atoms with Crippen molar-refractivity contribution in [2.24, 2.45) is 11.8 Å². The van der Waals surface area contributed by atoms with E-state index in [9.17, 15) is 4.79 Å². The summed E-state index contributed by atoms with van der Waals surface area (Å²) in [5, 5.41) is 8.08. The van der Waals surface area contributed by atoms with Crippen molar-refractivity contribution in [2.45, 2.75) is 32.4 Å². The van der Waals surface area contributed by atoms with Gasteiger partial charge in [-0.1, -0.05) is 25.6 Å². The van der Waals surface area contributed by atoms with E-state index < -0.39 is 0 Å². The van der Waals surface area contributed by atoms with Gasteiger partial charge >= 0.3 is 0 Å². The van der Waals surface area contributed by atoms with Crippen molar-refractivity contribution in [1.29, 1.82) is 0 Å². The Labute approximate surface area is 111 Å². The highest BCUT2D eigenvalue weighted by molar-refractivity contribution is 7.99. The van der Waals surface area contributed by atoms with Crippen LogP contribution < -0.4 is 0 Å². The molecule has 0 saturated carbocycles. The first kappa shape index (κ1) is 13.4. The van der Waals surface area contributed by atoms with Gasteiger partial charge in [-0.25, -0.2) is 0 Å². The van der Waals surface area contributed by atoms with Crippen LogP contribution in [0.1, 0.15) is 26.2 Å². The number of carbonyl (C=O) groups excluding carboxylic acids is 1. The number of nitrogens with zero attached hydrogens (tertiary/aromatic N) is 3. The minimum Gasteiger partial charge on any atom is -0.416 e. The van der Waals surface area contributed by atoms with E-state index in [1.165, 1.54) is 18.2 Å². The molecule has 1 amide bonds. The first-order chi connectivity index (χ1) is 8.54. The summed E-state index contributed by atoms with van der Waals surface area (Å²) < 4.78 is 5.23. The summed E-state index contributed by atoms with van der Waals surface area (Å²) in [6.07, 6.45) is 1.21. The molecule has 1 saturated heterocycles. The number of amides is 1. The Balaban J connectivity index is 1.84. The summed E-state index contributed by atoms with van der Waals surface area (Å²) in [7, 11) is 0. The van der Waals surface area contributed by atoms with Crippen molar-refractivity contribution < 1.29 is 9.21 Å². The number of hydrogen-bond donors (Lipinski definition) is 0. The largest absolute Gasteiger partial charge is 0.416 e. The van der Waals surface area contributed by atoms with Gasteiger partial charge in [0.15, 0.2) is 0 Å². The van der Waals surface area contributed by atoms with Crippen LogP contribution in [-0.2, 0) is 4.79 Å². The molecule has 2 atom stereocenters. The lowest BCUT2D eigenvalue weighted by Crippen LogP contribution is -2.43. The maximum Gasteiger partial charge on any atom is 0.277 e. The van der Waals surface area contributed by atoms with Gasteiger partial charge in [0.25, 0.3) is 5.22 Å². The molecule has 2 heterocycles. The number of aromatic nitrogens is 2. The summed E-state index contributed by atoms with van der Waals surface area (Å²) >= 11 is 1.31. The zero-order chi connectivity index (χ0) is 13.1. The number of piperidine rings is 1. The molecule has 1 aromatic heterocycles. The van der Waals surface area contributed by atoms with E-state index in [-0.39, 0.29) is 5.91 Å². The first-order valence-electron chi connectivity index (χ1n) is 6.25. The Hall–Kier alpha value is -1.04. The normalized spacial score (nSPS) is 24.3. The fourth-order valence-electron chi connectivity index (χ4n) is 2.42. The van der Waals surface area contributed by atoms with E-state index in [1.807, 2.05) is 4.90 Å². The summed E-state index contributed by atoms with van der Waals surface area (Å²) in [4.78, 5) is 14.0. The van der Waals surface area contributed by atoms with Crippen LogP contribution in [-0.4, -0.2) is 39.8 Å². The molecule has 2 unspecified atom stereocenters. The van der Waals surface area contributed by atoms with Gasteiger partial charge in [0, 0.05) is 20.0 Å². The third kappa shape index (κ3) is 3.48. The molecule has 2 rings (SSSR count). The lowest BCUT2D eigenvalue weighted by molar-refractivity contribution is -0.130. The molecular formula is C12H19N3O2S. The van der Waals surface area contributed by atoms with Crippen molar-refractivity contribution in [3.8, 4) is 0 Å². The van der Waals surface area contributed by atoms with E-state index in [4.69, 9.17) is 4.42 Å². The molecule has 1 aliphatic rings. The Morgan fingerprint density at radius 1 is 1.39 bits per heavy atom. The van der Waals surface area contributed by atoms with Crippen LogP contribution in [0.2, 0.25) is 0 Å². The minimum absolute atomic E-state index is 0.161. The number of aryl methyl sites for hydroxylation is 1. The van der Waals surface area contributed by atoms with Gasteiger partial charge < -0.3 is 9.32 Å². The number of carbonyl (C=O) groups is 1. The molecule has 6 heteroatoms. The summed E-state index contributed by atoms with van der Waals surface area (Å²) in [6.45, 7) is 7.88. The average Bonchev–Trinajstić information content (AvgIpc) is 2.70. The lowest BCUT2D eigenvalue weighted by atomic mass is 9.92. The molecule has 0 radical (unpaired) electrons. The number of rotatable bonds is 3. The zero-order valence-electron chi connectivity index (χ0n) is 11.0. The second-order valence-electron chi connectivity index (χ2n) is 5.12. The molecule has 1 fully saturated rings. The Bertz CT molecular complexity index is 411. The molecule has 0 aromatic carbocycles. The van der Waals surface area contributed by atoms with Crippen LogP contribution in [0.5, 0.6) is 0 Å². The summed E-state index contributed by atoms with van der Waals surface area (Å²) in [6, 6.07) is 0. The third-order valence-corrected chi connectivity index (χ3v) is 3.85. The molecule has 1 aromatic rings. The predicted octanol–water partition coefficient (Wildman–Crippen LogP) is 1.97. The van der Waals surface area contributed by atoms with Gasteiger partial charge in [-0.15, -0.1) is 10.2 Å². The van der Waals surface area contributed by atoms with E-state index in [0.717, 1.165) is 13.1 Å². The molecule has 0 spiro atoms. The molecule has 1 aliphatic heterocycles. The SMILES string of the molecule is Cc1nnc(SCC(=O)N2CC(C)CC(C)C2)o1. The standard InChI is InChI=1S/C12H19N3O2S/c1-8-4-9(2)6-15(5-8)11(16)7-18-12-14-13-10(3)17-12/h8-9H,4-7H2,1-3H3. The van der Waals surface area contributed by atoms with Gasteiger partial charge in [0.1, 0.15) is 0 Å². The van der Waals surface area contributed by atoms with Crippen molar-refractivity contribution >= 4 is 17.7 Å². The maximum atomic E-state index is 12.1. The third-order valence-electron chi connectivity index (χ3n) is 3.05. The maximum absolute atomic E-state index is 12.1. The predicted molar refractivity (Wildman–Crippen MR) is 69.3 cm³/mol. The van der Waals surface area contributed by atoms with Crippen LogP contribution >= 0.6 is 11.8 Å². The highest BCUT2D eigenvalue weighted by Gasteiger charge is 2.25. The van der Waals surface area contributed by atoms with Crippen LogP contribution in [0.25, 0.3) is 0 Å². The van der Waals surface area contributed by atoms with Crippen molar-refractivity contribution in [3.63, 3.8) is 0 Å². The van der Waals surface area contributed by atoms with Crippen molar-refractivity contribution in [3.05, 3.63) is 5.89 Å². The van der Waals surface area contributed by atoms with E-state index in [1.54, 1.807) is 6.92 Å². The first-order valence-corrected chi connectivity index (χ1v) is 7.24. The molecule has 0 aliphatic carbocycles. The van der Waals surface area contributed by atoms with Gasteiger partial charge in [-0.05, 0) is 18.3 Å². The number of thioether (sulfide) groups is 1. The van der Waals surface area contributed by atoms with E-state index in [0.29, 0.717) is 28.7 Å². The second-order valence-corrected chi connectivity index (χ2v) is 6.05. The molecule has 100 valence electrons. The molecular weight excluding hydrogens is 250 g/mol. The van der Waals surface area contributed by atoms with Gasteiger partial charge in [0.2, 0.25) is 11.8 Å². The smallest absolute Gasteiger partial charge is 0.277 e. The quantitative estimate of drug-likeness (QED) is 0.785. The van der Waals surface area contributed by atoms with Gasteiger partial charge in [-0.3, -0.25) is 4.79 Å². The van der Waals surface area contributed by atoms with E-state index in [2.05, 4.69) is 24.0 Å². The molecule has 0 bridgehead atoms. The minimum atomic E-state index is 0.161. The van der Waals surface area contributed by atoms with Crippen molar-refractivity contribution in [1.82, 2.24) is 15.1 Å². The molecule has 0 N–H and O–H groups in total. The summed E-state index contributed by atoms with van der Waals surface area (Å²) in [5.74, 6) is 2.25. The topological polar surface area (TPSA) is 59.2 Å². The molecule has 18 heavy (non-hydrogen) atoms. The number of hydrogen-bond acceptors (Lipinski definition) is 5. The second kappa shape index (κ2) is 5.73. The Morgan fingerprint density at radius 2 is 2.06 bits per heavy atom. The fraction of sp³-hybridized carbons (Fsp3) is 0.750.